The zero-order chi connectivity index (χ0) is 17.5. The summed E-state index contributed by atoms with van der Waals surface area (Å²) in [5.41, 5.74) is 0.966. The summed E-state index contributed by atoms with van der Waals surface area (Å²) in [5.74, 6) is -0.464. The first kappa shape index (κ1) is 19.9. The van der Waals surface area contributed by atoms with Crippen molar-refractivity contribution in [1.82, 2.24) is 4.72 Å². The molecule has 0 fully saturated rings. The van der Waals surface area contributed by atoms with Crippen LogP contribution in [0.5, 0.6) is 0 Å². The normalized spacial score (nSPS) is 12.9. The van der Waals surface area contributed by atoms with Gasteiger partial charge in [-0.05, 0) is 30.0 Å². The first-order valence-corrected chi connectivity index (χ1v) is 9.85. The Labute approximate surface area is 146 Å². The molecule has 7 heteroatoms. The van der Waals surface area contributed by atoms with Crippen molar-refractivity contribution in [3.8, 4) is 0 Å². The van der Waals surface area contributed by atoms with Gasteiger partial charge in [-0.3, -0.25) is 4.79 Å². The van der Waals surface area contributed by atoms with Crippen molar-refractivity contribution >= 4 is 31.9 Å². The minimum Gasteiger partial charge on any atom is -0.460 e. The number of carbonyl (C=O) groups excluding carboxylic acids is 1. The summed E-state index contributed by atoms with van der Waals surface area (Å²) < 4.78 is 32.3. The lowest BCUT2D eigenvalue weighted by Gasteiger charge is -2.19. The van der Waals surface area contributed by atoms with Gasteiger partial charge in [-0.2, -0.15) is 4.72 Å². The van der Waals surface area contributed by atoms with Crippen LogP contribution in [0.1, 0.15) is 25.8 Å². The Morgan fingerprint density at radius 3 is 2.43 bits per heavy atom. The fraction of sp³-hybridized carbons (Fsp3) is 0.438. The molecule has 1 N–H and O–H groups in total. The van der Waals surface area contributed by atoms with E-state index in [1.165, 1.54) is 18.2 Å². The minimum atomic E-state index is -3.79. The molecule has 128 valence electrons. The summed E-state index contributed by atoms with van der Waals surface area (Å²) in [4.78, 5) is 12.2. The topological polar surface area (TPSA) is 72.5 Å². The average Bonchev–Trinajstić information content (AvgIpc) is 2.51. The molecule has 0 amide bonds. The smallest absolute Gasteiger partial charge is 0.324 e. The molecule has 0 saturated carbocycles. The van der Waals surface area contributed by atoms with Gasteiger partial charge in [0.25, 0.3) is 0 Å². The zero-order valence-corrected chi connectivity index (χ0v) is 15.7. The molecule has 0 unspecified atom stereocenters. The van der Waals surface area contributed by atoms with Crippen LogP contribution in [0.15, 0.2) is 41.8 Å². The Bertz CT molecular complexity index is 626. The van der Waals surface area contributed by atoms with Crippen LogP contribution in [0, 0.1) is 5.92 Å². The first-order chi connectivity index (χ1) is 10.8. The molecule has 23 heavy (non-hydrogen) atoms. The summed E-state index contributed by atoms with van der Waals surface area (Å²) >= 11 is 3.31. The Morgan fingerprint density at radius 2 is 1.96 bits per heavy atom. The predicted octanol–water partition coefficient (Wildman–Crippen LogP) is 3.00. The van der Waals surface area contributed by atoms with Crippen molar-refractivity contribution in [2.75, 3.05) is 6.61 Å². The standard InChI is InChI=1S/C16H22BrNO4S/c1-4-9-22-16(19)15(10-12(2)3)18-23(20,21)14-7-5-13(11-17)6-8-14/h4-8,12,15,18H,1,9-11H2,2-3H3/t15-/m1/s1. The van der Waals surface area contributed by atoms with Crippen molar-refractivity contribution in [2.24, 2.45) is 5.92 Å². The number of ether oxygens (including phenoxy) is 1. The summed E-state index contributed by atoms with van der Waals surface area (Å²) in [7, 11) is -3.79. The molecular formula is C16H22BrNO4S. The van der Waals surface area contributed by atoms with Gasteiger partial charge in [0.1, 0.15) is 12.6 Å². The maximum Gasteiger partial charge on any atom is 0.324 e. The molecule has 0 heterocycles. The average molecular weight is 404 g/mol. The lowest BCUT2D eigenvalue weighted by atomic mass is 10.1. The summed E-state index contributed by atoms with van der Waals surface area (Å²) in [5, 5.41) is 0.643. The molecule has 1 rings (SSSR count). The lowest BCUT2D eigenvalue weighted by Crippen LogP contribution is -2.42. The molecule has 0 aliphatic carbocycles. The van der Waals surface area contributed by atoms with Gasteiger partial charge < -0.3 is 4.74 Å². The van der Waals surface area contributed by atoms with Gasteiger partial charge in [-0.1, -0.05) is 54.6 Å². The van der Waals surface area contributed by atoms with Crippen LogP contribution in [0.25, 0.3) is 0 Å². The number of nitrogens with one attached hydrogen (secondary N) is 1. The van der Waals surface area contributed by atoms with Gasteiger partial charge >= 0.3 is 5.97 Å². The highest BCUT2D eigenvalue weighted by Gasteiger charge is 2.27. The SMILES string of the molecule is C=CCOC(=O)[C@@H](CC(C)C)NS(=O)(=O)c1ccc(CBr)cc1. The van der Waals surface area contributed by atoms with Crippen molar-refractivity contribution in [3.63, 3.8) is 0 Å². The highest BCUT2D eigenvalue weighted by Crippen LogP contribution is 2.15. The number of rotatable bonds is 9. The predicted molar refractivity (Wildman–Crippen MR) is 93.8 cm³/mol. The highest BCUT2D eigenvalue weighted by molar-refractivity contribution is 9.08. The van der Waals surface area contributed by atoms with E-state index in [1.54, 1.807) is 12.1 Å². The number of esters is 1. The molecule has 0 bridgehead atoms. The van der Waals surface area contributed by atoms with Gasteiger partial charge in [0.2, 0.25) is 10.0 Å². The minimum absolute atomic E-state index is 0.0507. The summed E-state index contributed by atoms with van der Waals surface area (Å²) in [6.45, 7) is 7.34. The maximum atomic E-state index is 12.5. The fourth-order valence-corrected chi connectivity index (χ4v) is 3.49. The van der Waals surface area contributed by atoms with Crippen LogP contribution in [0.2, 0.25) is 0 Å². The molecule has 1 aromatic rings. The van der Waals surface area contributed by atoms with E-state index >= 15 is 0 Å². The van der Waals surface area contributed by atoms with E-state index in [4.69, 9.17) is 4.74 Å². The Kier molecular flexibility index (Phi) is 7.94. The second kappa shape index (κ2) is 9.20. The Balaban J connectivity index is 2.94. The zero-order valence-electron chi connectivity index (χ0n) is 13.3. The van der Waals surface area contributed by atoms with E-state index in [-0.39, 0.29) is 17.4 Å². The third-order valence-corrected chi connectivity index (χ3v) is 5.16. The molecule has 0 aliphatic rings. The maximum absolute atomic E-state index is 12.5. The van der Waals surface area contributed by atoms with Gasteiger partial charge in [0, 0.05) is 5.33 Å². The van der Waals surface area contributed by atoms with Crippen LogP contribution >= 0.6 is 15.9 Å². The van der Waals surface area contributed by atoms with Crippen LogP contribution in [-0.2, 0) is 24.9 Å². The monoisotopic (exact) mass is 403 g/mol. The van der Waals surface area contributed by atoms with Crippen molar-refractivity contribution in [3.05, 3.63) is 42.5 Å². The molecule has 1 aromatic carbocycles. The summed E-state index contributed by atoms with van der Waals surface area (Å²) in [6.07, 6.45) is 1.80. The van der Waals surface area contributed by atoms with E-state index in [0.717, 1.165) is 5.56 Å². The Hall–Kier alpha value is -1.18. The quantitative estimate of drug-likeness (QED) is 0.390. The number of alkyl halides is 1. The van der Waals surface area contributed by atoms with E-state index < -0.39 is 22.0 Å². The second-order valence-electron chi connectivity index (χ2n) is 5.50. The highest BCUT2D eigenvalue weighted by atomic mass is 79.9. The number of halogens is 1. The molecule has 1 atom stereocenters. The Morgan fingerprint density at radius 1 is 1.35 bits per heavy atom. The molecule has 0 radical (unpaired) electrons. The molecule has 5 nitrogen and oxygen atoms in total. The van der Waals surface area contributed by atoms with Crippen molar-refractivity contribution < 1.29 is 17.9 Å². The molecule has 0 aliphatic heterocycles. The fourth-order valence-electron chi connectivity index (χ4n) is 1.92. The number of hydrogen-bond donors (Lipinski definition) is 1. The number of hydrogen-bond acceptors (Lipinski definition) is 4. The van der Waals surface area contributed by atoms with Crippen molar-refractivity contribution in [1.29, 1.82) is 0 Å². The van der Waals surface area contributed by atoms with Crippen LogP contribution in [0.3, 0.4) is 0 Å². The molecule has 0 aromatic heterocycles. The van der Waals surface area contributed by atoms with Gasteiger partial charge in [-0.15, -0.1) is 0 Å². The lowest BCUT2D eigenvalue weighted by molar-refractivity contribution is -0.144. The summed E-state index contributed by atoms with van der Waals surface area (Å²) in [6, 6.07) is 5.55. The third-order valence-electron chi connectivity index (χ3n) is 3.02. The molecular weight excluding hydrogens is 382 g/mol. The number of sulfonamides is 1. The van der Waals surface area contributed by atoms with E-state index in [0.29, 0.717) is 11.8 Å². The van der Waals surface area contributed by atoms with E-state index in [9.17, 15) is 13.2 Å². The third kappa shape index (κ3) is 6.45. The van der Waals surface area contributed by atoms with E-state index in [2.05, 4.69) is 27.2 Å². The largest absolute Gasteiger partial charge is 0.460 e. The molecule has 0 spiro atoms. The first-order valence-electron chi connectivity index (χ1n) is 7.25. The van der Waals surface area contributed by atoms with Gasteiger partial charge in [-0.25, -0.2) is 8.42 Å². The van der Waals surface area contributed by atoms with Crippen LogP contribution < -0.4 is 4.72 Å². The van der Waals surface area contributed by atoms with Crippen molar-refractivity contribution in [2.45, 2.75) is 36.5 Å². The van der Waals surface area contributed by atoms with Crippen LogP contribution in [0.4, 0.5) is 0 Å². The van der Waals surface area contributed by atoms with Gasteiger partial charge in [0.15, 0.2) is 0 Å². The number of benzene rings is 1. The number of carbonyl (C=O) groups is 1. The molecule has 0 saturated heterocycles. The van der Waals surface area contributed by atoms with Gasteiger partial charge in [0.05, 0.1) is 4.90 Å². The van der Waals surface area contributed by atoms with Crippen LogP contribution in [-0.4, -0.2) is 27.0 Å². The second-order valence-corrected chi connectivity index (χ2v) is 7.77. The van der Waals surface area contributed by atoms with E-state index in [1.807, 2.05) is 13.8 Å².